The molecule has 0 bridgehead atoms. The van der Waals surface area contributed by atoms with Crippen LogP contribution in [-0.4, -0.2) is 34.9 Å². The smallest absolute Gasteiger partial charge is 0.194 e. The molecule has 1 aliphatic rings. The Morgan fingerprint density at radius 3 is 2.90 bits per heavy atom. The molecule has 0 atom stereocenters. The summed E-state index contributed by atoms with van der Waals surface area (Å²) in [5.74, 6) is -0.0769. The molecule has 0 radical (unpaired) electrons. The van der Waals surface area contributed by atoms with Gasteiger partial charge in [-0.1, -0.05) is 6.07 Å². The highest BCUT2D eigenvalue weighted by molar-refractivity contribution is 7.15. The van der Waals surface area contributed by atoms with Crippen molar-refractivity contribution in [2.24, 2.45) is 0 Å². The zero-order valence-electron chi connectivity index (χ0n) is 15.6. The van der Waals surface area contributed by atoms with Gasteiger partial charge in [-0.05, 0) is 31.0 Å². The Kier molecular flexibility index (Phi) is 3.45. The number of ketones is 1. The summed E-state index contributed by atoms with van der Waals surface area (Å²) in [6.07, 6.45) is 7.85. The molecular weight excluding hydrogens is 384 g/mol. The van der Waals surface area contributed by atoms with E-state index in [9.17, 15) is 4.79 Å². The molecule has 29 heavy (non-hydrogen) atoms. The Morgan fingerprint density at radius 1 is 1.17 bits per heavy atom. The fourth-order valence-corrected chi connectivity index (χ4v) is 4.45. The van der Waals surface area contributed by atoms with Crippen LogP contribution in [0.25, 0.3) is 38.5 Å². The van der Waals surface area contributed by atoms with Crippen LogP contribution >= 0.6 is 11.3 Å². The Hall–Kier alpha value is -3.39. The van der Waals surface area contributed by atoms with Crippen molar-refractivity contribution in [2.45, 2.75) is 25.8 Å². The lowest BCUT2D eigenvalue weighted by Crippen LogP contribution is -1.99. The summed E-state index contributed by atoms with van der Waals surface area (Å²) in [5.41, 5.74) is 4.80. The molecule has 7 nitrogen and oxygen atoms in total. The van der Waals surface area contributed by atoms with Crippen molar-refractivity contribution in [3.63, 3.8) is 0 Å². The van der Waals surface area contributed by atoms with E-state index < -0.39 is 0 Å². The Morgan fingerprint density at radius 2 is 2.07 bits per heavy atom. The van der Waals surface area contributed by atoms with Crippen LogP contribution in [0.1, 0.15) is 36.3 Å². The number of thiazole rings is 1. The molecule has 1 fully saturated rings. The molecular formula is C21H16N6OS. The van der Waals surface area contributed by atoms with Crippen LogP contribution in [0.2, 0.25) is 0 Å². The molecule has 0 spiro atoms. The van der Waals surface area contributed by atoms with Gasteiger partial charge in [0.2, 0.25) is 0 Å². The second-order valence-electron chi connectivity index (χ2n) is 7.29. The van der Waals surface area contributed by atoms with Gasteiger partial charge in [0, 0.05) is 35.6 Å². The van der Waals surface area contributed by atoms with Gasteiger partial charge in [-0.2, -0.15) is 5.10 Å². The van der Waals surface area contributed by atoms with Gasteiger partial charge < -0.3 is 0 Å². The highest BCUT2D eigenvalue weighted by Crippen LogP contribution is 2.38. The number of hydrogen-bond acceptors (Lipinski definition) is 6. The van der Waals surface area contributed by atoms with Crippen LogP contribution in [0.15, 0.2) is 48.4 Å². The molecule has 8 heteroatoms. The van der Waals surface area contributed by atoms with Gasteiger partial charge in [0.1, 0.15) is 23.4 Å². The fraction of sp³-hybridized carbons (Fsp3) is 0.190. The number of nitrogens with zero attached hydrogens (tertiary/aromatic N) is 6. The Labute approximate surface area is 169 Å². The van der Waals surface area contributed by atoms with E-state index in [1.165, 1.54) is 26.1 Å². The van der Waals surface area contributed by atoms with Gasteiger partial charge in [0.05, 0.1) is 17.3 Å². The number of fused-ring (bicyclic) bond motifs is 2. The molecule has 1 aromatic carbocycles. The van der Waals surface area contributed by atoms with E-state index in [0.29, 0.717) is 11.7 Å². The third-order valence-corrected chi connectivity index (χ3v) is 6.03. The first-order valence-electron chi connectivity index (χ1n) is 9.46. The lowest BCUT2D eigenvalue weighted by atomic mass is 10.0. The zero-order chi connectivity index (χ0) is 19.5. The predicted molar refractivity (Wildman–Crippen MR) is 111 cm³/mol. The van der Waals surface area contributed by atoms with E-state index in [2.05, 4.69) is 14.4 Å². The van der Waals surface area contributed by atoms with E-state index in [-0.39, 0.29) is 5.78 Å². The van der Waals surface area contributed by atoms with Gasteiger partial charge in [-0.15, -0.1) is 11.3 Å². The van der Waals surface area contributed by atoms with Crippen LogP contribution in [0, 0.1) is 0 Å². The van der Waals surface area contributed by atoms with Crippen molar-refractivity contribution < 1.29 is 4.79 Å². The van der Waals surface area contributed by atoms with Crippen molar-refractivity contribution in [1.29, 1.82) is 0 Å². The van der Waals surface area contributed by atoms with Gasteiger partial charge in [-0.3, -0.25) is 13.9 Å². The third kappa shape index (κ3) is 2.60. The first-order valence-corrected chi connectivity index (χ1v) is 10.3. The molecule has 0 saturated heterocycles. The second kappa shape index (κ2) is 6.05. The van der Waals surface area contributed by atoms with E-state index >= 15 is 0 Å². The minimum atomic E-state index is -0.0769. The van der Waals surface area contributed by atoms with Gasteiger partial charge in [-0.25, -0.2) is 15.0 Å². The SMILES string of the molecule is CC(=O)c1ncnc2ccc(-c3c(-c4ccn(C5CC5)n4)nc4sccn34)cc12. The first-order chi connectivity index (χ1) is 14.2. The summed E-state index contributed by atoms with van der Waals surface area (Å²) >= 11 is 1.59. The molecule has 6 rings (SSSR count). The van der Waals surface area contributed by atoms with Crippen molar-refractivity contribution in [1.82, 2.24) is 29.1 Å². The molecule has 0 aliphatic heterocycles. The van der Waals surface area contributed by atoms with E-state index in [1.807, 2.05) is 46.7 Å². The molecule has 0 amide bonds. The molecule has 142 valence electrons. The maximum Gasteiger partial charge on any atom is 0.194 e. The minimum absolute atomic E-state index is 0.0769. The number of imidazole rings is 1. The lowest BCUT2D eigenvalue weighted by Gasteiger charge is -2.07. The average Bonchev–Trinajstić information content (AvgIpc) is 3.13. The number of aromatic nitrogens is 6. The van der Waals surface area contributed by atoms with Crippen molar-refractivity contribution >= 4 is 33.0 Å². The monoisotopic (exact) mass is 400 g/mol. The summed E-state index contributed by atoms with van der Waals surface area (Å²) < 4.78 is 4.11. The van der Waals surface area contributed by atoms with Gasteiger partial charge in [0.15, 0.2) is 10.7 Å². The van der Waals surface area contributed by atoms with Gasteiger partial charge >= 0.3 is 0 Å². The molecule has 0 N–H and O–H groups in total. The summed E-state index contributed by atoms with van der Waals surface area (Å²) in [4.78, 5) is 26.3. The fourth-order valence-electron chi connectivity index (χ4n) is 3.73. The van der Waals surface area contributed by atoms with E-state index in [0.717, 1.165) is 38.5 Å². The predicted octanol–water partition coefficient (Wildman–Crippen LogP) is 4.41. The third-order valence-electron chi connectivity index (χ3n) is 5.28. The van der Waals surface area contributed by atoms with Gasteiger partial charge in [0.25, 0.3) is 0 Å². The second-order valence-corrected chi connectivity index (χ2v) is 8.16. The molecule has 0 unspecified atom stereocenters. The van der Waals surface area contributed by atoms with Crippen molar-refractivity contribution in [2.75, 3.05) is 0 Å². The summed E-state index contributed by atoms with van der Waals surface area (Å²) in [5, 5.41) is 7.54. The molecule has 4 aromatic heterocycles. The van der Waals surface area contributed by atoms with Crippen molar-refractivity contribution in [3.8, 4) is 22.6 Å². The summed E-state index contributed by atoms with van der Waals surface area (Å²) in [7, 11) is 0. The van der Waals surface area contributed by atoms with Crippen molar-refractivity contribution in [3.05, 3.63) is 54.1 Å². The standard InChI is InChI=1S/C21H16N6OS/c1-12(28)18-15-10-13(2-5-16(15)22-11-23-18)20-19(24-21-26(20)8-9-29-21)17-6-7-27(25-17)14-3-4-14/h2,5-11,14H,3-4H2,1H3. The Bertz CT molecular complexity index is 1410. The normalized spacial score (nSPS) is 14.1. The summed E-state index contributed by atoms with van der Waals surface area (Å²) in [6, 6.07) is 8.47. The number of benzene rings is 1. The highest BCUT2D eigenvalue weighted by Gasteiger charge is 2.26. The number of hydrogen-bond donors (Lipinski definition) is 0. The van der Waals surface area contributed by atoms with Crippen LogP contribution in [0.5, 0.6) is 0 Å². The number of carbonyl (C=O) groups is 1. The summed E-state index contributed by atoms with van der Waals surface area (Å²) in [6.45, 7) is 1.53. The number of carbonyl (C=O) groups excluding carboxylic acids is 1. The zero-order valence-corrected chi connectivity index (χ0v) is 16.4. The largest absolute Gasteiger partial charge is 0.293 e. The van der Waals surface area contributed by atoms with Crippen LogP contribution in [0.4, 0.5) is 0 Å². The maximum atomic E-state index is 12.1. The number of rotatable bonds is 4. The quantitative estimate of drug-likeness (QED) is 0.418. The molecule has 5 aromatic rings. The molecule has 1 aliphatic carbocycles. The van der Waals surface area contributed by atoms with Crippen LogP contribution in [-0.2, 0) is 0 Å². The molecule has 4 heterocycles. The average molecular weight is 400 g/mol. The minimum Gasteiger partial charge on any atom is -0.293 e. The van der Waals surface area contributed by atoms with Crippen LogP contribution < -0.4 is 0 Å². The maximum absolute atomic E-state index is 12.1. The van der Waals surface area contributed by atoms with Crippen LogP contribution in [0.3, 0.4) is 0 Å². The van der Waals surface area contributed by atoms with E-state index in [4.69, 9.17) is 10.1 Å². The topological polar surface area (TPSA) is 78.0 Å². The Balaban J connectivity index is 1.59. The lowest BCUT2D eigenvalue weighted by molar-refractivity contribution is 0.101. The first kappa shape index (κ1) is 16.6. The molecule has 1 saturated carbocycles. The number of Topliss-reactive ketones (excluding diaryl/α,β-unsaturated/α-hetero) is 1. The van der Waals surface area contributed by atoms with E-state index in [1.54, 1.807) is 11.3 Å². The highest BCUT2D eigenvalue weighted by atomic mass is 32.1.